The Morgan fingerprint density at radius 1 is 1.16 bits per heavy atom. The third-order valence-electron chi connectivity index (χ3n) is 4.50. The molecule has 1 aromatic rings. The lowest BCUT2D eigenvalue weighted by atomic mass is 9.85. The smallest absolute Gasteiger partial charge is 0.132 e. The fraction of sp³-hybridized carbons (Fsp3) is 0.611. The number of hydrogen-bond donors (Lipinski definition) is 0. The summed E-state index contributed by atoms with van der Waals surface area (Å²) < 4.78 is 0. The molecule has 1 aliphatic rings. The predicted octanol–water partition coefficient (Wildman–Crippen LogP) is 4.82. The molecule has 1 aromatic carbocycles. The van der Waals surface area contributed by atoms with Crippen LogP contribution in [0.15, 0.2) is 18.2 Å². The Morgan fingerprint density at radius 2 is 1.89 bits per heavy atom. The lowest BCUT2D eigenvalue weighted by molar-refractivity contribution is -0.118. The van der Waals surface area contributed by atoms with E-state index in [4.69, 9.17) is 0 Å². The van der Waals surface area contributed by atoms with E-state index in [9.17, 15) is 4.79 Å². The molecule has 2 rings (SSSR count). The maximum Gasteiger partial charge on any atom is 0.132 e. The maximum absolute atomic E-state index is 11.5. The summed E-state index contributed by atoms with van der Waals surface area (Å²) in [4.78, 5) is 11.5. The largest absolute Gasteiger partial charge is 0.300 e. The molecule has 0 bridgehead atoms. The van der Waals surface area contributed by atoms with Crippen LogP contribution in [-0.2, 0) is 17.6 Å². The molecule has 0 amide bonds. The topological polar surface area (TPSA) is 17.1 Å². The van der Waals surface area contributed by atoms with Crippen LogP contribution in [0.4, 0.5) is 0 Å². The highest BCUT2D eigenvalue weighted by atomic mass is 16.1. The van der Waals surface area contributed by atoms with Crippen LogP contribution in [0.25, 0.3) is 0 Å². The van der Waals surface area contributed by atoms with Crippen molar-refractivity contribution in [1.29, 1.82) is 0 Å². The number of fused-ring (bicyclic) bond motifs is 1. The second-order valence-electron chi connectivity index (χ2n) is 5.77. The number of hydrogen-bond acceptors (Lipinski definition) is 1. The van der Waals surface area contributed by atoms with Gasteiger partial charge < -0.3 is 0 Å². The van der Waals surface area contributed by atoms with Gasteiger partial charge in [-0.2, -0.15) is 0 Å². The fourth-order valence-corrected chi connectivity index (χ4v) is 3.13. The Balaban J connectivity index is 2.07. The van der Waals surface area contributed by atoms with E-state index in [1.54, 1.807) is 11.1 Å². The summed E-state index contributed by atoms with van der Waals surface area (Å²) in [6.45, 7) is 4.20. The minimum atomic E-state index is 0.399. The maximum atomic E-state index is 11.5. The molecule has 0 aliphatic heterocycles. The SMILES string of the molecule is CCC(=O)CCC(CC)c1ccc2c(c1)CCCC2. The molecule has 19 heavy (non-hydrogen) atoms. The van der Waals surface area contributed by atoms with Crippen LogP contribution in [0, 0.1) is 0 Å². The van der Waals surface area contributed by atoms with Crippen LogP contribution in [0.1, 0.15) is 75.0 Å². The van der Waals surface area contributed by atoms with Crippen molar-refractivity contribution in [3.8, 4) is 0 Å². The first-order valence-corrected chi connectivity index (χ1v) is 7.88. The van der Waals surface area contributed by atoms with Gasteiger partial charge in [-0.25, -0.2) is 0 Å². The Hall–Kier alpha value is -1.11. The van der Waals surface area contributed by atoms with Gasteiger partial charge in [0, 0.05) is 12.8 Å². The molecule has 104 valence electrons. The van der Waals surface area contributed by atoms with Crippen LogP contribution < -0.4 is 0 Å². The summed E-state index contributed by atoms with van der Waals surface area (Å²) in [6, 6.07) is 7.04. The minimum absolute atomic E-state index is 0.399. The molecule has 1 atom stereocenters. The van der Waals surface area contributed by atoms with Gasteiger partial charge >= 0.3 is 0 Å². The van der Waals surface area contributed by atoms with Crippen LogP contribution >= 0.6 is 0 Å². The van der Waals surface area contributed by atoms with Gasteiger partial charge in [-0.1, -0.05) is 32.0 Å². The molecule has 1 heteroatoms. The van der Waals surface area contributed by atoms with Crippen LogP contribution in [0.5, 0.6) is 0 Å². The highest BCUT2D eigenvalue weighted by molar-refractivity contribution is 5.78. The van der Waals surface area contributed by atoms with E-state index in [0.29, 0.717) is 18.1 Å². The molecule has 0 saturated heterocycles. The van der Waals surface area contributed by atoms with E-state index in [0.717, 1.165) is 19.3 Å². The van der Waals surface area contributed by atoms with E-state index in [1.165, 1.54) is 31.2 Å². The molecular weight excluding hydrogens is 232 g/mol. The highest BCUT2D eigenvalue weighted by Crippen LogP contribution is 2.29. The fourth-order valence-electron chi connectivity index (χ4n) is 3.13. The lowest BCUT2D eigenvalue weighted by Crippen LogP contribution is -2.06. The molecular formula is C18H26O. The van der Waals surface area contributed by atoms with E-state index in [1.807, 2.05) is 6.92 Å². The lowest BCUT2D eigenvalue weighted by Gasteiger charge is -2.20. The predicted molar refractivity (Wildman–Crippen MR) is 80.6 cm³/mol. The van der Waals surface area contributed by atoms with Crippen molar-refractivity contribution in [2.24, 2.45) is 0 Å². The van der Waals surface area contributed by atoms with Crippen molar-refractivity contribution in [3.05, 3.63) is 34.9 Å². The van der Waals surface area contributed by atoms with Crippen molar-refractivity contribution >= 4 is 5.78 Å². The van der Waals surface area contributed by atoms with Crippen LogP contribution in [0.2, 0.25) is 0 Å². The average molecular weight is 258 g/mol. The number of carbonyl (C=O) groups is 1. The number of benzene rings is 1. The van der Waals surface area contributed by atoms with Crippen LogP contribution in [0.3, 0.4) is 0 Å². The molecule has 0 radical (unpaired) electrons. The van der Waals surface area contributed by atoms with Crippen molar-refractivity contribution in [2.75, 3.05) is 0 Å². The standard InChI is InChI=1S/C18H26O/c1-3-14(11-12-18(19)4-2)17-10-9-15-7-5-6-8-16(15)13-17/h9-10,13-14H,3-8,11-12H2,1-2H3. The minimum Gasteiger partial charge on any atom is -0.300 e. The molecule has 0 saturated carbocycles. The van der Waals surface area contributed by atoms with Gasteiger partial charge in [-0.15, -0.1) is 0 Å². The van der Waals surface area contributed by atoms with Crippen molar-refractivity contribution < 1.29 is 4.79 Å². The van der Waals surface area contributed by atoms with Crippen molar-refractivity contribution in [3.63, 3.8) is 0 Å². The van der Waals surface area contributed by atoms with Gasteiger partial charge in [-0.05, 0) is 61.1 Å². The monoisotopic (exact) mass is 258 g/mol. The van der Waals surface area contributed by atoms with Gasteiger partial charge in [0.1, 0.15) is 5.78 Å². The number of ketones is 1. The summed E-state index contributed by atoms with van der Waals surface area (Å²) in [5.41, 5.74) is 4.56. The second kappa shape index (κ2) is 6.88. The Bertz CT molecular complexity index is 433. The summed E-state index contributed by atoms with van der Waals surface area (Å²) in [6.07, 6.45) is 8.74. The summed E-state index contributed by atoms with van der Waals surface area (Å²) >= 11 is 0. The summed E-state index contributed by atoms with van der Waals surface area (Å²) in [5, 5.41) is 0. The third kappa shape index (κ3) is 3.68. The van der Waals surface area contributed by atoms with E-state index >= 15 is 0 Å². The van der Waals surface area contributed by atoms with Crippen molar-refractivity contribution in [2.45, 2.75) is 71.1 Å². The Morgan fingerprint density at radius 3 is 2.58 bits per heavy atom. The first-order chi connectivity index (χ1) is 9.24. The van der Waals surface area contributed by atoms with Gasteiger partial charge in [0.2, 0.25) is 0 Å². The number of rotatable bonds is 6. The molecule has 1 nitrogen and oxygen atoms in total. The first-order valence-electron chi connectivity index (χ1n) is 7.88. The van der Waals surface area contributed by atoms with E-state index in [2.05, 4.69) is 25.1 Å². The molecule has 0 spiro atoms. The number of carbonyl (C=O) groups excluding carboxylic acids is 1. The number of aryl methyl sites for hydroxylation is 2. The first kappa shape index (κ1) is 14.3. The van der Waals surface area contributed by atoms with Gasteiger partial charge in [-0.3, -0.25) is 4.79 Å². The molecule has 0 fully saturated rings. The molecule has 1 unspecified atom stereocenters. The van der Waals surface area contributed by atoms with Crippen molar-refractivity contribution in [1.82, 2.24) is 0 Å². The van der Waals surface area contributed by atoms with E-state index in [-0.39, 0.29) is 0 Å². The van der Waals surface area contributed by atoms with Crippen LogP contribution in [-0.4, -0.2) is 5.78 Å². The average Bonchev–Trinajstić information content (AvgIpc) is 2.47. The van der Waals surface area contributed by atoms with Gasteiger partial charge in [0.05, 0.1) is 0 Å². The zero-order valence-corrected chi connectivity index (χ0v) is 12.4. The Labute approximate surface area is 117 Å². The Kier molecular flexibility index (Phi) is 5.18. The third-order valence-corrected chi connectivity index (χ3v) is 4.50. The highest BCUT2D eigenvalue weighted by Gasteiger charge is 2.15. The van der Waals surface area contributed by atoms with E-state index < -0.39 is 0 Å². The molecule has 0 N–H and O–H groups in total. The normalized spacial score (nSPS) is 15.9. The molecule has 0 heterocycles. The molecule has 0 aromatic heterocycles. The van der Waals surface area contributed by atoms with Gasteiger partial charge in [0.25, 0.3) is 0 Å². The summed E-state index contributed by atoms with van der Waals surface area (Å²) in [5.74, 6) is 0.958. The van der Waals surface area contributed by atoms with Gasteiger partial charge in [0.15, 0.2) is 0 Å². The molecule has 1 aliphatic carbocycles. The zero-order valence-electron chi connectivity index (χ0n) is 12.4. The zero-order chi connectivity index (χ0) is 13.7. The second-order valence-corrected chi connectivity index (χ2v) is 5.77. The number of Topliss-reactive ketones (excluding diaryl/α,β-unsaturated/α-hetero) is 1. The summed E-state index contributed by atoms with van der Waals surface area (Å²) in [7, 11) is 0. The quantitative estimate of drug-likeness (QED) is 0.715.